The Bertz CT molecular complexity index is 563. The minimum Gasteiger partial charge on any atom is -0.383 e. The van der Waals surface area contributed by atoms with E-state index in [0.29, 0.717) is 31.2 Å². The van der Waals surface area contributed by atoms with Crippen LogP contribution in [0.3, 0.4) is 0 Å². The molecule has 134 valence electrons. The summed E-state index contributed by atoms with van der Waals surface area (Å²) in [4.78, 5) is 27.9. The van der Waals surface area contributed by atoms with E-state index >= 15 is 0 Å². The first-order valence-corrected chi connectivity index (χ1v) is 7.95. The fourth-order valence-corrected chi connectivity index (χ4v) is 2.78. The van der Waals surface area contributed by atoms with Gasteiger partial charge in [0.15, 0.2) is 0 Å². The summed E-state index contributed by atoms with van der Waals surface area (Å²) in [5.74, 6) is -0.114. The standard InChI is InChI=1S/C16H22ClN3O3.ClH/c1-23-11-14(18)16(22)20-8-6-19(7-9-20)15(21)10-12-4-2-3-5-13(12)17;/h2-5,14H,6-11,18H2,1H3;1H. The lowest BCUT2D eigenvalue weighted by atomic mass is 10.1. The maximum absolute atomic E-state index is 12.4. The number of carbonyl (C=O) groups is 2. The molecule has 2 rings (SSSR count). The molecule has 1 fully saturated rings. The van der Waals surface area contributed by atoms with Gasteiger partial charge in [-0.15, -0.1) is 12.4 Å². The maximum Gasteiger partial charge on any atom is 0.241 e. The zero-order chi connectivity index (χ0) is 16.8. The monoisotopic (exact) mass is 375 g/mol. The molecule has 2 N–H and O–H groups in total. The van der Waals surface area contributed by atoms with Crippen molar-refractivity contribution >= 4 is 35.8 Å². The van der Waals surface area contributed by atoms with Crippen LogP contribution in [0, 0.1) is 0 Å². The average Bonchev–Trinajstić information content (AvgIpc) is 2.56. The van der Waals surface area contributed by atoms with Gasteiger partial charge in [-0.2, -0.15) is 0 Å². The molecule has 8 heteroatoms. The average molecular weight is 376 g/mol. The van der Waals surface area contributed by atoms with Crippen LogP contribution in [0.2, 0.25) is 5.02 Å². The van der Waals surface area contributed by atoms with Crippen LogP contribution in [0.15, 0.2) is 24.3 Å². The molecule has 1 aromatic rings. The van der Waals surface area contributed by atoms with Crippen LogP contribution in [-0.4, -0.2) is 67.6 Å². The fraction of sp³-hybridized carbons (Fsp3) is 0.500. The van der Waals surface area contributed by atoms with E-state index in [0.717, 1.165) is 5.56 Å². The number of methoxy groups -OCH3 is 1. The van der Waals surface area contributed by atoms with E-state index in [1.54, 1.807) is 15.9 Å². The third-order valence-corrected chi connectivity index (χ3v) is 4.28. The summed E-state index contributed by atoms with van der Waals surface area (Å²) in [7, 11) is 1.51. The Morgan fingerprint density at radius 3 is 2.38 bits per heavy atom. The van der Waals surface area contributed by atoms with Gasteiger partial charge >= 0.3 is 0 Å². The van der Waals surface area contributed by atoms with Crippen molar-refractivity contribution in [3.05, 3.63) is 34.9 Å². The Kier molecular flexibility index (Phi) is 8.48. The van der Waals surface area contributed by atoms with Gasteiger partial charge in [0.1, 0.15) is 6.04 Å². The topological polar surface area (TPSA) is 75.9 Å². The molecule has 0 radical (unpaired) electrons. The van der Waals surface area contributed by atoms with Gasteiger partial charge in [-0.25, -0.2) is 0 Å². The normalized spacial score (nSPS) is 15.6. The van der Waals surface area contributed by atoms with Gasteiger partial charge < -0.3 is 20.3 Å². The number of rotatable bonds is 5. The van der Waals surface area contributed by atoms with Crippen molar-refractivity contribution in [2.45, 2.75) is 12.5 Å². The van der Waals surface area contributed by atoms with Crippen LogP contribution in [0.25, 0.3) is 0 Å². The van der Waals surface area contributed by atoms with Gasteiger partial charge in [0.05, 0.1) is 13.0 Å². The van der Waals surface area contributed by atoms with Gasteiger partial charge in [-0.05, 0) is 11.6 Å². The summed E-state index contributed by atoms with van der Waals surface area (Å²) in [6.45, 7) is 2.20. The molecule has 0 bridgehead atoms. The molecule has 1 aliphatic heterocycles. The van der Waals surface area contributed by atoms with Crippen molar-refractivity contribution in [3.63, 3.8) is 0 Å². The molecule has 2 amide bonds. The molecule has 1 aromatic carbocycles. The molecule has 0 aliphatic carbocycles. The molecule has 1 heterocycles. The van der Waals surface area contributed by atoms with Crippen molar-refractivity contribution in [3.8, 4) is 0 Å². The highest BCUT2D eigenvalue weighted by Crippen LogP contribution is 2.16. The molecule has 1 unspecified atom stereocenters. The molecule has 0 aromatic heterocycles. The third-order valence-electron chi connectivity index (χ3n) is 3.91. The van der Waals surface area contributed by atoms with Crippen molar-refractivity contribution in [1.82, 2.24) is 9.80 Å². The van der Waals surface area contributed by atoms with Crippen LogP contribution < -0.4 is 5.73 Å². The number of benzene rings is 1. The Morgan fingerprint density at radius 1 is 1.21 bits per heavy atom. The fourth-order valence-electron chi connectivity index (χ4n) is 2.58. The van der Waals surface area contributed by atoms with Crippen molar-refractivity contribution in [2.24, 2.45) is 5.73 Å². The van der Waals surface area contributed by atoms with Crippen molar-refractivity contribution in [1.29, 1.82) is 0 Å². The van der Waals surface area contributed by atoms with Crippen LogP contribution in [0.4, 0.5) is 0 Å². The third kappa shape index (κ3) is 5.34. The van der Waals surface area contributed by atoms with E-state index in [4.69, 9.17) is 22.1 Å². The molecule has 1 saturated heterocycles. The first-order valence-electron chi connectivity index (χ1n) is 7.57. The number of halogens is 2. The quantitative estimate of drug-likeness (QED) is 0.830. The van der Waals surface area contributed by atoms with E-state index < -0.39 is 6.04 Å². The number of nitrogens with zero attached hydrogens (tertiary/aromatic N) is 2. The Labute approximate surface area is 153 Å². The number of hydrogen-bond donors (Lipinski definition) is 1. The summed E-state index contributed by atoms with van der Waals surface area (Å²) in [6, 6.07) is 6.68. The predicted molar refractivity (Wildman–Crippen MR) is 95.4 cm³/mol. The molecule has 0 spiro atoms. The largest absolute Gasteiger partial charge is 0.383 e. The molecule has 24 heavy (non-hydrogen) atoms. The van der Waals surface area contributed by atoms with Crippen LogP contribution in [0.5, 0.6) is 0 Å². The summed E-state index contributed by atoms with van der Waals surface area (Å²) in [5, 5.41) is 0.597. The smallest absolute Gasteiger partial charge is 0.241 e. The van der Waals surface area contributed by atoms with Crippen molar-refractivity contribution in [2.75, 3.05) is 39.9 Å². The summed E-state index contributed by atoms with van der Waals surface area (Å²) >= 11 is 6.09. The Hall–Kier alpha value is -1.34. The number of ether oxygens (including phenoxy) is 1. The Morgan fingerprint density at radius 2 is 1.79 bits per heavy atom. The molecule has 0 saturated carbocycles. The highest BCUT2D eigenvalue weighted by Gasteiger charge is 2.27. The highest BCUT2D eigenvalue weighted by molar-refractivity contribution is 6.31. The minimum atomic E-state index is -0.648. The second kappa shape index (κ2) is 9.84. The van der Waals surface area contributed by atoms with Gasteiger partial charge in [0.2, 0.25) is 11.8 Å². The second-order valence-electron chi connectivity index (χ2n) is 5.54. The zero-order valence-corrected chi connectivity index (χ0v) is 15.2. The summed E-state index contributed by atoms with van der Waals surface area (Å²) in [5.41, 5.74) is 6.58. The number of hydrogen-bond acceptors (Lipinski definition) is 4. The van der Waals surface area contributed by atoms with E-state index in [-0.39, 0.29) is 37.2 Å². The maximum atomic E-state index is 12.4. The molecule has 6 nitrogen and oxygen atoms in total. The number of nitrogens with two attached hydrogens (primary N) is 1. The summed E-state index contributed by atoms with van der Waals surface area (Å²) in [6.07, 6.45) is 0.275. The number of carbonyl (C=O) groups excluding carboxylic acids is 2. The van der Waals surface area contributed by atoms with Crippen LogP contribution in [-0.2, 0) is 20.7 Å². The van der Waals surface area contributed by atoms with E-state index in [1.165, 1.54) is 7.11 Å². The minimum absolute atomic E-state index is 0. The first kappa shape index (κ1) is 20.7. The zero-order valence-electron chi connectivity index (χ0n) is 13.6. The first-order chi connectivity index (χ1) is 11.0. The lowest BCUT2D eigenvalue weighted by molar-refractivity contribution is -0.140. The SMILES string of the molecule is COCC(N)C(=O)N1CCN(C(=O)Cc2ccccc2Cl)CC1.Cl. The Balaban J connectivity index is 0.00000288. The second-order valence-corrected chi connectivity index (χ2v) is 5.94. The number of piperazine rings is 1. The lowest BCUT2D eigenvalue weighted by Gasteiger charge is -2.36. The van der Waals surface area contributed by atoms with E-state index in [9.17, 15) is 9.59 Å². The molecular formula is C16H23Cl2N3O3. The van der Waals surface area contributed by atoms with E-state index in [1.807, 2.05) is 18.2 Å². The molecule has 1 aliphatic rings. The molecule has 1 atom stereocenters. The van der Waals surface area contributed by atoms with Gasteiger partial charge in [0.25, 0.3) is 0 Å². The van der Waals surface area contributed by atoms with Gasteiger partial charge in [-0.3, -0.25) is 9.59 Å². The van der Waals surface area contributed by atoms with Gasteiger partial charge in [-0.1, -0.05) is 29.8 Å². The van der Waals surface area contributed by atoms with Crippen LogP contribution >= 0.6 is 24.0 Å². The van der Waals surface area contributed by atoms with Crippen LogP contribution in [0.1, 0.15) is 5.56 Å². The predicted octanol–water partition coefficient (Wildman–Crippen LogP) is 0.949. The van der Waals surface area contributed by atoms with E-state index in [2.05, 4.69) is 0 Å². The molecular weight excluding hydrogens is 353 g/mol. The highest BCUT2D eigenvalue weighted by atomic mass is 35.5. The summed E-state index contributed by atoms with van der Waals surface area (Å²) < 4.78 is 4.90. The number of amides is 2. The van der Waals surface area contributed by atoms with Crippen molar-refractivity contribution < 1.29 is 14.3 Å². The lowest BCUT2D eigenvalue weighted by Crippen LogP contribution is -2.55. The van der Waals surface area contributed by atoms with Gasteiger partial charge in [0, 0.05) is 38.3 Å².